The maximum Gasteiger partial charge on any atom is 0.212 e. The Labute approximate surface area is 120 Å². The van der Waals surface area contributed by atoms with E-state index in [1.165, 1.54) is 36.5 Å². The Hall–Kier alpha value is -2.50. The molecule has 0 saturated heterocycles. The van der Waals surface area contributed by atoms with Crippen LogP contribution in [-0.4, -0.2) is 11.0 Å². The number of nitrogens with two attached hydrogens (primary N) is 1. The first-order valence-corrected chi connectivity index (χ1v) is 6.20. The maximum absolute atomic E-state index is 13.1. The van der Waals surface area contributed by atoms with E-state index < -0.39 is 23.3 Å². The average molecular weight is 289 g/mol. The molecule has 0 aliphatic rings. The Kier molecular flexibility index (Phi) is 4.16. The summed E-state index contributed by atoms with van der Waals surface area (Å²) < 4.78 is 26.1. The quantitative estimate of drug-likeness (QED) is 0.405. The van der Waals surface area contributed by atoms with E-state index in [1.807, 2.05) is 0 Å². The van der Waals surface area contributed by atoms with Gasteiger partial charge in [0.25, 0.3) is 0 Å². The van der Waals surface area contributed by atoms with E-state index >= 15 is 0 Å². The standard InChI is InChI=1S/C14H13F2N5/c1-9(17)14(20-21-18,10-2-5-12(15)6-3-10)11-4-7-13(16)19-8-11/h2-9H,17H2,1H3/t9-,14-/m0/s1. The van der Waals surface area contributed by atoms with Gasteiger partial charge < -0.3 is 5.73 Å². The van der Waals surface area contributed by atoms with E-state index in [0.717, 1.165) is 6.07 Å². The first kappa shape index (κ1) is 14.9. The molecule has 2 N–H and O–H groups in total. The van der Waals surface area contributed by atoms with Gasteiger partial charge in [0.05, 0.1) is 0 Å². The highest BCUT2D eigenvalue weighted by atomic mass is 19.1. The molecule has 0 spiro atoms. The molecule has 0 fully saturated rings. The summed E-state index contributed by atoms with van der Waals surface area (Å²) in [6.07, 6.45) is 1.26. The van der Waals surface area contributed by atoms with Gasteiger partial charge in [-0.25, -0.2) is 9.37 Å². The Bertz CT molecular complexity index is 615. The predicted molar refractivity (Wildman–Crippen MR) is 74.2 cm³/mol. The zero-order valence-electron chi connectivity index (χ0n) is 11.2. The van der Waals surface area contributed by atoms with Crippen molar-refractivity contribution in [3.63, 3.8) is 0 Å². The third-order valence-electron chi connectivity index (χ3n) is 3.31. The first-order chi connectivity index (χ1) is 10.0. The van der Waals surface area contributed by atoms with Crippen LogP contribution in [0.4, 0.5) is 8.78 Å². The number of azide groups is 1. The van der Waals surface area contributed by atoms with Crippen LogP contribution in [0.1, 0.15) is 18.1 Å². The van der Waals surface area contributed by atoms with Crippen LogP contribution >= 0.6 is 0 Å². The number of rotatable bonds is 4. The molecule has 1 heterocycles. The number of halogens is 2. The van der Waals surface area contributed by atoms with Crippen molar-refractivity contribution in [1.29, 1.82) is 0 Å². The molecular formula is C14H13F2N5. The van der Waals surface area contributed by atoms with Gasteiger partial charge >= 0.3 is 0 Å². The van der Waals surface area contributed by atoms with Gasteiger partial charge in [0, 0.05) is 17.2 Å². The fourth-order valence-electron chi connectivity index (χ4n) is 2.27. The highest BCUT2D eigenvalue weighted by Crippen LogP contribution is 2.36. The summed E-state index contributed by atoms with van der Waals surface area (Å²) in [7, 11) is 0. The Morgan fingerprint density at radius 1 is 1.19 bits per heavy atom. The molecule has 21 heavy (non-hydrogen) atoms. The number of hydrogen-bond acceptors (Lipinski definition) is 3. The molecule has 1 aromatic heterocycles. The first-order valence-electron chi connectivity index (χ1n) is 6.20. The van der Waals surface area contributed by atoms with Crippen LogP contribution in [0, 0.1) is 11.8 Å². The molecule has 108 valence electrons. The van der Waals surface area contributed by atoms with E-state index in [-0.39, 0.29) is 0 Å². The smallest absolute Gasteiger partial charge is 0.212 e. The summed E-state index contributed by atoms with van der Waals surface area (Å²) in [5.74, 6) is -1.08. The SMILES string of the molecule is C[C@H](N)[C@](N=[N+]=[N-])(c1ccc(F)cc1)c1ccc(F)nc1. The van der Waals surface area contributed by atoms with Crippen LogP contribution in [0.15, 0.2) is 47.7 Å². The lowest BCUT2D eigenvalue weighted by molar-refractivity contribution is 0.439. The van der Waals surface area contributed by atoms with Crippen molar-refractivity contribution in [3.05, 3.63) is 75.9 Å². The second kappa shape index (κ2) is 5.87. The summed E-state index contributed by atoms with van der Waals surface area (Å²) >= 11 is 0. The van der Waals surface area contributed by atoms with Gasteiger partial charge in [-0.2, -0.15) is 4.39 Å². The Balaban J connectivity index is 2.71. The Morgan fingerprint density at radius 2 is 1.81 bits per heavy atom. The topological polar surface area (TPSA) is 87.7 Å². The monoisotopic (exact) mass is 289 g/mol. The lowest BCUT2D eigenvalue weighted by Crippen LogP contribution is -2.42. The summed E-state index contributed by atoms with van der Waals surface area (Å²) in [6, 6.07) is 7.43. The van der Waals surface area contributed by atoms with Crippen LogP contribution in [0.2, 0.25) is 0 Å². The van der Waals surface area contributed by atoms with Crippen LogP contribution in [0.5, 0.6) is 0 Å². The number of benzene rings is 1. The van der Waals surface area contributed by atoms with Crippen molar-refractivity contribution in [2.45, 2.75) is 18.5 Å². The highest BCUT2D eigenvalue weighted by Gasteiger charge is 2.38. The van der Waals surface area contributed by atoms with Crippen molar-refractivity contribution in [2.75, 3.05) is 0 Å². The lowest BCUT2D eigenvalue weighted by Gasteiger charge is -2.33. The second-order valence-electron chi connectivity index (χ2n) is 4.62. The van der Waals surface area contributed by atoms with Gasteiger partial charge in [-0.15, -0.1) is 0 Å². The van der Waals surface area contributed by atoms with Gasteiger partial charge in [-0.3, -0.25) is 0 Å². The van der Waals surface area contributed by atoms with Crippen molar-refractivity contribution in [3.8, 4) is 0 Å². The van der Waals surface area contributed by atoms with Crippen LogP contribution in [0.3, 0.4) is 0 Å². The molecule has 0 bridgehead atoms. The van der Waals surface area contributed by atoms with E-state index in [9.17, 15) is 8.78 Å². The van der Waals surface area contributed by atoms with Crippen molar-refractivity contribution in [1.82, 2.24) is 4.98 Å². The predicted octanol–water partition coefficient (Wildman–Crippen LogP) is 3.26. The van der Waals surface area contributed by atoms with Gasteiger partial charge in [0.2, 0.25) is 5.95 Å². The third kappa shape index (κ3) is 2.69. The third-order valence-corrected chi connectivity index (χ3v) is 3.31. The number of hydrogen-bond donors (Lipinski definition) is 1. The van der Waals surface area contributed by atoms with E-state index in [4.69, 9.17) is 11.3 Å². The van der Waals surface area contributed by atoms with E-state index in [2.05, 4.69) is 15.0 Å². The highest BCUT2D eigenvalue weighted by molar-refractivity contribution is 5.39. The number of pyridine rings is 1. The van der Waals surface area contributed by atoms with Gasteiger partial charge in [0.1, 0.15) is 11.4 Å². The van der Waals surface area contributed by atoms with Gasteiger partial charge in [0.15, 0.2) is 0 Å². The van der Waals surface area contributed by atoms with Crippen molar-refractivity contribution >= 4 is 0 Å². The largest absolute Gasteiger partial charge is 0.327 e. The molecule has 0 unspecified atom stereocenters. The molecule has 0 aliphatic carbocycles. The summed E-state index contributed by atoms with van der Waals surface area (Å²) in [4.78, 5) is 6.43. The van der Waals surface area contributed by atoms with E-state index in [1.54, 1.807) is 6.92 Å². The van der Waals surface area contributed by atoms with Gasteiger partial charge in [-0.05, 0) is 41.8 Å². The number of aromatic nitrogens is 1. The summed E-state index contributed by atoms with van der Waals surface area (Å²) in [5, 5.41) is 3.83. The minimum atomic E-state index is -1.29. The zero-order chi connectivity index (χ0) is 15.5. The fraction of sp³-hybridized carbons (Fsp3) is 0.214. The fourth-order valence-corrected chi connectivity index (χ4v) is 2.27. The molecule has 0 radical (unpaired) electrons. The minimum Gasteiger partial charge on any atom is -0.327 e. The summed E-state index contributed by atoms with van der Waals surface area (Å²) in [5.41, 5.74) is 14.6. The van der Waals surface area contributed by atoms with Crippen molar-refractivity contribution < 1.29 is 8.78 Å². The summed E-state index contributed by atoms with van der Waals surface area (Å²) in [6.45, 7) is 1.65. The molecule has 0 aliphatic heterocycles. The van der Waals surface area contributed by atoms with E-state index in [0.29, 0.717) is 11.1 Å². The molecule has 7 heteroatoms. The zero-order valence-corrected chi connectivity index (χ0v) is 11.2. The molecule has 1 aromatic carbocycles. The van der Waals surface area contributed by atoms with Crippen molar-refractivity contribution in [2.24, 2.45) is 10.8 Å². The molecular weight excluding hydrogens is 276 g/mol. The second-order valence-corrected chi connectivity index (χ2v) is 4.62. The molecule has 0 saturated carbocycles. The average Bonchev–Trinajstić information content (AvgIpc) is 2.46. The van der Waals surface area contributed by atoms with Crippen LogP contribution in [0.25, 0.3) is 10.4 Å². The molecule has 5 nitrogen and oxygen atoms in total. The molecule has 0 amide bonds. The maximum atomic E-state index is 13.1. The lowest BCUT2D eigenvalue weighted by atomic mass is 9.79. The molecule has 2 aromatic rings. The minimum absolute atomic E-state index is 0.421. The number of nitrogens with zero attached hydrogens (tertiary/aromatic N) is 4. The molecule has 2 atom stereocenters. The van der Waals surface area contributed by atoms with Crippen LogP contribution < -0.4 is 5.73 Å². The normalized spacial score (nSPS) is 14.9. The van der Waals surface area contributed by atoms with Gasteiger partial charge in [-0.1, -0.05) is 23.3 Å². The van der Waals surface area contributed by atoms with Crippen LogP contribution in [-0.2, 0) is 5.54 Å². The Morgan fingerprint density at radius 3 is 2.29 bits per heavy atom. The molecule has 2 rings (SSSR count).